The molecule has 1 saturated heterocycles. The molecule has 2 aliphatic rings. The molecule has 9 nitrogen and oxygen atoms in total. The Morgan fingerprint density at radius 3 is 2.51 bits per heavy atom. The minimum Gasteiger partial charge on any atom is -0.384 e. The number of likely N-dealkylation sites (tertiary alicyclic amines) is 1. The highest BCUT2D eigenvalue weighted by molar-refractivity contribution is 5.97. The van der Waals surface area contributed by atoms with E-state index in [1.54, 1.807) is 35.3 Å². The van der Waals surface area contributed by atoms with Crippen LogP contribution in [-0.4, -0.2) is 58.8 Å². The molecule has 2 amide bonds. The summed E-state index contributed by atoms with van der Waals surface area (Å²) in [5.41, 5.74) is 14.6. The first-order chi connectivity index (χ1) is 17.0. The van der Waals surface area contributed by atoms with Gasteiger partial charge in [0.1, 0.15) is 24.6 Å². The van der Waals surface area contributed by atoms with Crippen molar-refractivity contribution in [3.63, 3.8) is 0 Å². The van der Waals surface area contributed by atoms with Crippen LogP contribution in [0.4, 0.5) is 0 Å². The minimum atomic E-state index is -0.534. The third kappa shape index (κ3) is 7.44. The van der Waals surface area contributed by atoms with Gasteiger partial charge in [0.2, 0.25) is 24.2 Å². The van der Waals surface area contributed by atoms with E-state index in [9.17, 15) is 9.59 Å². The Hall–Kier alpha value is -4.11. The molecule has 0 spiro atoms. The van der Waals surface area contributed by atoms with Gasteiger partial charge in [-0.15, -0.1) is 0 Å². The van der Waals surface area contributed by atoms with Gasteiger partial charge in [-0.25, -0.2) is 0 Å². The van der Waals surface area contributed by atoms with Crippen molar-refractivity contribution in [2.24, 2.45) is 16.6 Å². The van der Waals surface area contributed by atoms with E-state index in [2.05, 4.69) is 34.7 Å². The maximum Gasteiger partial charge on any atom is 0.243 e. The number of nitrogens with one attached hydrogen (secondary N) is 2. The third-order valence-corrected chi connectivity index (χ3v) is 5.70. The topological polar surface area (TPSA) is 141 Å². The molecule has 35 heavy (non-hydrogen) atoms. The Morgan fingerprint density at radius 1 is 1.17 bits per heavy atom. The van der Waals surface area contributed by atoms with Gasteiger partial charge in [0.15, 0.2) is 0 Å². The van der Waals surface area contributed by atoms with E-state index in [4.69, 9.17) is 16.9 Å². The number of carbonyl (C=O) groups is 2. The van der Waals surface area contributed by atoms with Gasteiger partial charge >= 0.3 is 0 Å². The quantitative estimate of drug-likeness (QED) is 0.198. The molecule has 4 rings (SSSR count). The zero-order valence-electron chi connectivity index (χ0n) is 19.6. The number of allylic oxidation sites excluding steroid dienone is 1. The van der Waals surface area contributed by atoms with Crippen LogP contribution in [0.25, 0.3) is 0 Å². The second kappa shape index (κ2) is 13.0. The van der Waals surface area contributed by atoms with Crippen molar-refractivity contribution < 1.29 is 14.3 Å². The summed E-state index contributed by atoms with van der Waals surface area (Å²) in [5.74, 6) is -0.199. The zero-order chi connectivity index (χ0) is 25.0. The summed E-state index contributed by atoms with van der Waals surface area (Å²) in [7, 11) is 0. The molecular weight excluding hydrogens is 442 g/mol. The predicted octanol–water partition coefficient (Wildman–Crippen LogP) is 1.36. The van der Waals surface area contributed by atoms with Crippen LogP contribution in [0.1, 0.15) is 29.5 Å². The van der Waals surface area contributed by atoms with Gasteiger partial charge in [-0.2, -0.15) is 0 Å². The van der Waals surface area contributed by atoms with Crippen LogP contribution in [0.15, 0.2) is 72.0 Å². The Labute approximate surface area is 205 Å². The highest BCUT2D eigenvalue weighted by atomic mass is 16.2. The maximum absolute atomic E-state index is 12.5. The Balaban J connectivity index is 0.000000287. The molecule has 6 N–H and O–H groups in total. The number of hydrogen-bond acceptors (Lipinski definition) is 5. The highest BCUT2D eigenvalue weighted by Gasteiger charge is 2.38. The third-order valence-electron chi connectivity index (χ3n) is 5.70. The Morgan fingerprint density at radius 2 is 1.91 bits per heavy atom. The molecule has 1 atom stereocenters. The van der Waals surface area contributed by atoms with E-state index in [1.807, 2.05) is 18.2 Å². The van der Waals surface area contributed by atoms with Crippen molar-refractivity contribution in [2.75, 3.05) is 13.1 Å². The van der Waals surface area contributed by atoms with Crippen molar-refractivity contribution in [3.8, 4) is 0 Å². The molecule has 2 heterocycles. The number of carbonyl (C=O) groups excluding carboxylic acids is 2. The highest BCUT2D eigenvalue weighted by Crippen LogP contribution is 2.15. The van der Waals surface area contributed by atoms with Crippen molar-refractivity contribution in [3.05, 3.63) is 83.6 Å². The number of hydrogen-bond donors (Lipinski definition) is 4. The second-order valence-corrected chi connectivity index (χ2v) is 8.22. The summed E-state index contributed by atoms with van der Waals surface area (Å²) in [4.78, 5) is 25.2. The molecule has 2 aliphatic heterocycles. The number of aryl methyl sites for hydroxylation is 1. The van der Waals surface area contributed by atoms with Crippen LogP contribution in [0, 0.1) is 5.41 Å². The van der Waals surface area contributed by atoms with E-state index < -0.39 is 6.04 Å². The van der Waals surface area contributed by atoms with Crippen LogP contribution < -0.4 is 16.8 Å². The summed E-state index contributed by atoms with van der Waals surface area (Å²) >= 11 is 0. The Bertz CT molecular complexity index is 1090. The minimum absolute atomic E-state index is 0.00449. The molecule has 2 aromatic carbocycles. The number of rotatable bonds is 8. The molecule has 0 aliphatic carbocycles. The van der Waals surface area contributed by atoms with Gasteiger partial charge in [0.25, 0.3) is 0 Å². The Kier molecular flexibility index (Phi) is 9.44. The SMILES string of the molecule is N=C(N)c1ccc(CNC(=O)[C@@H]2C/C(=[N+]3/C=CC=N3)CN2C=O)cc1.NCCCc1ccccc1. The van der Waals surface area contributed by atoms with Crippen LogP contribution in [-0.2, 0) is 22.6 Å². The van der Waals surface area contributed by atoms with Crippen molar-refractivity contribution in [1.82, 2.24) is 10.2 Å². The standard InChI is InChI=1S/C17H18N6O2.C9H13N/c18-16(19)13-4-2-12(3-5-13)9-20-17(25)15-8-14(10-22(15)11-24)23-7-1-6-21-23;10-8-4-7-9-5-2-1-3-6-9/h1-7,11,15H,8-10H2,(H3-,18,19,20,25);1-3,5-6H,4,7-8,10H2/p+1/b23-14+;/t15-;/m0./s1. The van der Waals surface area contributed by atoms with Crippen molar-refractivity contribution >= 4 is 30.1 Å². The fourth-order valence-corrected chi connectivity index (χ4v) is 3.76. The molecule has 0 aromatic heterocycles. The fourth-order valence-electron chi connectivity index (χ4n) is 3.76. The van der Waals surface area contributed by atoms with E-state index >= 15 is 0 Å². The summed E-state index contributed by atoms with van der Waals surface area (Å²) in [6.07, 6.45) is 8.61. The molecular formula is C26H32N7O2+. The molecule has 182 valence electrons. The molecule has 9 heteroatoms. The van der Waals surface area contributed by atoms with Crippen LogP contribution in [0.3, 0.4) is 0 Å². The zero-order valence-corrected chi connectivity index (χ0v) is 19.6. The monoisotopic (exact) mass is 474 g/mol. The summed E-state index contributed by atoms with van der Waals surface area (Å²) in [6.45, 7) is 1.52. The van der Waals surface area contributed by atoms with Gasteiger partial charge < -0.3 is 21.7 Å². The fraction of sp³-hybridized carbons (Fsp3) is 0.269. The first-order valence-electron chi connectivity index (χ1n) is 11.5. The van der Waals surface area contributed by atoms with E-state index in [-0.39, 0.29) is 11.7 Å². The van der Waals surface area contributed by atoms with Crippen LogP contribution in [0.5, 0.6) is 0 Å². The van der Waals surface area contributed by atoms with E-state index in [0.29, 0.717) is 31.5 Å². The number of amides is 2. The molecule has 0 saturated carbocycles. The number of benzene rings is 2. The van der Waals surface area contributed by atoms with Gasteiger partial charge in [0, 0.05) is 18.2 Å². The van der Waals surface area contributed by atoms with Crippen molar-refractivity contribution in [2.45, 2.75) is 31.8 Å². The number of nitrogens with two attached hydrogens (primary N) is 2. The van der Waals surface area contributed by atoms with Gasteiger partial charge in [0.05, 0.1) is 6.42 Å². The lowest BCUT2D eigenvalue weighted by Gasteiger charge is -2.17. The molecule has 0 bridgehead atoms. The smallest absolute Gasteiger partial charge is 0.243 e. The lowest BCUT2D eigenvalue weighted by atomic mass is 10.1. The van der Waals surface area contributed by atoms with Gasteiger partial charge in [-0.3, -0.25) is 15.0 Å². The predicted molar refractivity (Wildman–Crippen MR) is 137 cm³/mol. The molecule has 0 unspecified atom stereocenters. The largest absolute Gasteiger partial charge is 0.384 e. The summed E-state index contributed by atoms with van der Waals surface area (Å²) in [5, 5.41) is 14.4. The summed E-state index contributed by atoms with van der Waals surface area (Å²) < 4.78 is 1.70. The average Bonchev–Trinajstić information content (AvgIpc) is 3.57. The van der Waals surface area contributed by atoms with Gasteiger partial charge in [-0.05, 0) is 35.6 Å². The van der Waals surface area contributed by atoms with Crippen molar-refractivity contribution in [1.29, 1.82) is 5.41 Å². The number of amidine groups is 1. The van der Waals surface area contributed by atoms with Crippen LogP contribution in [0.2, 0.25) is 0 Å². The lowest BCUT2D eigenvalue weighted by molar-refractivity contribution is -0.459. The second-order valence-electron chi connectivity index (χ2n) is 8.22. The maximum atomic E-state index is 12.5. The first-order valence-corrected chi connectivity index (χ1v) is 11.5. The first kappa shape index (κ1) is 25.5. The summed E-state index contributed by atoms with van der Waals surface area (Å²) in [6, 6.07) is 17.0. The van der Waals surface area contributed by atoms with Crippen LogP contribution >= 0.6 is 0 Å². The molecule has 2 aromatic rings. The number of nitrogen functional groups attached to an aromatic ring is 1. The number of nitrogens with zero attached hydrogens (tertiary/aromatic N) is 3. The molecule has 1 fully saturated rings. The average molecular weight is 475 g/mol. The normalized spacial score (nSPS) is 18.2. The van der Waals surface area contributed by atoms with E-state index in [1.165, 1.54) is 10.5 Å². The van der Waals surface area contributed by atoms with E-state index in [0.717, 1.165) is 30.7 Å². The molecule has 0 radical (unpaired) electrons. The number of hydrazone groups is 1. The lowest BCUT2D eigenvalue weighted by Crippen LogP contribution is -2.42. The van der Waals surface area contributed by atoms with Gasteiger partial charge in [-0.1, -0.05) is 59.3 Å².